The normalized spacial score (nSPS) is 16.1. The average molecular weight is 349 g/mol. The van der Waals surface area contributed by atoms with E-state index in [2.05, 4.69) is 27.3 Å². The summed E-state index contributed by atoms with van der Waals surface area (Å²) in [4.78, 5) is 12.3. The van der Waals surface area contributed by atoms with Gasteiger partial charge in [0.1, 0.15) is 29.3 Å². The van der Waals surface area contributed by atoms with Gasteiger partial charge in [-0.25, -0.2) is 0 Å². The highest BCUT2D eigenvalue weighted by atomic mass is 79.9. The molecule has 0 unspecified atom stereocenters. The molecule has 6 heteroatoms. The van der Waals surface area contributed by atoms with Crippen molar-refractivity contribution < 1.29 is 9.53 Å². The van der Waals surface area contributed by atoms with Crippen LogP contribution in [-0.4, -0.2) is 12.5 Å². The largest absolute Gasteiger partial charge is 0.492 e. The molecule has 20 heavy (non-hydrogen) atoms. The maximum Gasteiger partial charge on any atom is 0.236 e. The number of amides is 1. The fourth-order valence-electron chi connectivity index (χ4n) is 2.10. The summed E-state index contributed by atoms with van der Waals surface area (Å²) < 4.78 is 6.43. The number of nitrogens with one attached hydrogen (secondary N) is 1. The lowest BCUT2D eigenvalue weighted by Gasteiger charge is -2.09. The molecule has 4 nitrogen and oxygen atoms in total. The third-order valence-electron chi connectivity index (χ3n) is 3.09. The Morgan fingerprint density at radius 1 is 1.50 bits per heavy atom. The van der Waals surface area contributed by atoms with E-state index in [1.54, 1.807) is 11.4 Å². The fourth-order valence-corrected chi connectivity index (χ4v) is 3.22. The van der Waals surface area contributed by atoms with Crippen molar-refractivity contribution in [2.75, 3.05) is 11.9 Å². The van der Waals surface area contributed by atoms with Gasteiger partial charge < -0.3 is 10.1 Å². The van der Waals surface area contributed by atoms with Gasteiger partial charge in [0.15, 0.2) is 0 Å². The molecule has 100 valence electrons. The van der Waals surface area contributed by atoms with Crippen LogP contribution in [-0.2, 0) is 4.79 Å². The molecule has 1 atom stereocenters. The summed E-state index contributed by atoms with van der Waals surface area (Å²) in [6, 6.07) is 9.37. The summed E-state index contributed by atoms with van der Waals surface area (Å²) in [5, 5.41) is 14.1. The molecule has 1 amide bonds. The van der Waals surface area contributed by atoms with Gasteiger partial charge in [-0.1, -0.05) is 15.9 Å². The molecule has 2 aromatic rings. The summed E-state index contributed by atoms with van der Waals surface area (Å²) in [5.41, 5.74) is 1.35. The first-order valence-electron chi connectivity index (χ1n) is 5.89. The van der Waals surface area contributed by atoms with Crippen LogP contribution in [0.2, 0.25) is 0 Å². The lowest BCUT2D eigenvalue weighted by Crippen LogP contribution is -2.22. The van der Waals surface area contributed by atoms with Gasteiger partial charge in [-0.2, -0.15) is 5.26 Å². The zero-order valence-corrected chi connectivity index (χ0v) is 12.6. The number of rotatable bonds is 2. The molecule has 1 aliphatic rings. The second-order valence-corrected chi connectivity index (χ2v) is 6.14. The van der Waals surface area contributed by atoms with Crippen molar-refractivity contribution in [3.05, 3.63) is 45.2 Å². The van der Waals surface area contributed by atoms with E-state index in [9.17, 15) is 4.79 Å². The highest BCUT2D eigenvalue weighted by Gasteiger charge is 2.31. The molecule has 1 aromatic heterocycles. The quantitative estimate of drug-likeness (QED) is 0.903. The number of fused-ring (bicyclic) bond motifs is 1. The number of carbonyl (C=O) groups is 1. The molecule has 0 bridgehead atoms. The van der Waals surface area contributed by atoms with Crippen molar-refractivity contribution in [3.63, 3.8) is 0 Å². The van der Waals surface area contributed by atoms with Crippen LogP contribution >= 0.6 is 27.3 Å². The van der Waals surface area contributed by atoms with Crippen LogP contribution in [0.15, 0.2) is 34.1 Å². The summed E-state index contributed by atoms with van der Waals surface area (Å²) >= 11 is 4.74. The summed E-state index contributed by atoms with van der Waals surface area (Å²) in [6.45, 7) is 0.324. The van der Waals surface area contributed by atoms with E-state index in [0.717, 1.165) is 15.8 Å². The molecule has 0 spiro atoms. The Morgan fingerprint density at radius 2 is 2.35 bits per heavy atom. The zero-order valence-electron chi connectivity index (χ0n) is 10.2. The predicted octanol–water partition coefficient (Wildman–Crippen LogP) is 3.50. The van der Waals surface area contributed by atoms with Crippen LogP contribution in [0.25, 0.3) is 0 Å². The molecular weight excluding hydrogens is 340 g/mol. The number of hydrogen-bond acceptors (Lipinski definition) is 4. The number of thiophene rings is 1. The van der Waals surface area contributed by atoms with E-state index in [-0.39, 0.29) is 11.8 Å². The molecule has 0 radical (unpaired) electrons. The third-order valence-corrected chi connectivity index (χ3v) is 4.41. The number of anilines is 1. The lowest BCUT2D eigenvalue weighted by atomic mass is 10.0. The smallest absolute Gasteiger partial charge is 0.236 e. The third kappa shape index (κ3) is 2.30. The predicted molar refractivity (Wildman–Crippen MR) is 80.0 cm³/mol. The van der Waals surface area contributed by atoms with E-state index in [4.69, 9.17) is 10.00 Å². The topological polar surface area (TPSA) is 62.1 Å². The molecule has 0 aliphatic carbocycles. The Bertz CT molecular complexity index is 720. The van der Waals surface area contributed by atoms with E-state index < -0.39 is 0 Å². The monoisotopic (exact) mass is 348 g/mol. The second-order valence-electron chi connectivity index (χ2n) is 4.31. The molecular formula is C14H9BrN2O2S. The van der Waals surface area contributed by atoms with Gasteiger partial charge in [-0.3, -0.25) is 4.79 Å². The van der Waals surface area contributed by atoms with Crippen LogP contribution in [0, 0.1) is 11.3 Å². The molecule has 2 heterocycles. The van der Waals surface area contributed by atoms with Crippen molar-refractivity contribution in [2.24, 2.45) is 0 Å². The minimum absolute atomic E-state index is 0.152. The number of nitrogens with zero attached hydrogens (tertiary/aromatic N) is 1. The molecule has 1 N–H and O–H groups in total. The van der Waals surface area contributed by atoms with Gasteiger partial charge in [-0.15, -0.1) is 11.3 Å². The Hall–Kier alpha value is -1.84. The Kier molecular flexibility index (Phi) is 3.47. The molecule has 1 aromatic carbocycles. The second kappa shape index (κ2) is 5.27. The van der Waals surface area contributed by atoms with E-state index in [1.165, 1.54) is 11.3 Å². The Morgan fingerprint density at radius 3 is 3.15 bits per heavy atom. The van der Waals surface area contributed by atoms with Gasteiger partial charge in [0, 0.05) is 10.0 Å². The zero-order chi connectivity index (χ0) is 14.1. The fraction of sp³-hybridized carbons (Fsp3) is 0.143. The Labute approximate surface area is 128 Å². The molecule has 3 rings (SSSR count). The maximum absolute atomic E-state index is 12.3. The SMILES string of the molecule is N#Cc1ccsc1NC(=O)[C@@H]1COc2ccc(Br)cc21. The summed E-state index contributed by atoms with van der Waals surface area (Å²) in [6.07, 6.45) is 0. The summed E-state index contributed by atoms with van der Waals surface area (Å²) in [7, 11) is 0. The molecule has 1 aliphatic heterocycles. The van der Waals surface area contributed by atoms with E-state index in [1.807, 2.05) is 18.2 Å². The van der Waals surface area contributed by atoms with Crippen LogP contribution in [0.5, 0.6) is 5.75 Å². The maximum atomic E-state index is 12.3. The molecule has 0 saturated carbocycles. The number of ether oxygens (including phenoxy) is 1. The van der Waals surface area contributed by atoms with Crippen molar-refractivity contribution in [2.45, 2.75) is 5.92 Å². The van der Waals surface area contributed by atoms with Crippen LogP contribution in [0.3, 0.4) is 0 Å². The number of nitriles is 1. The Balaban J connectivity index is 1.84. The van der Waals surface area contributed by atoms with E-state index in [0.29, 0.717) is 17.2 Å². The van der Waals surface area contributed by atoms with Crippen molar-refractivity contribution in [1.29, 1.82) is 5.26 Å². The molecule has 0 saturated heterocycles. The van der Waals surface area contributed by atoms with Gasteiger partial charge in [0.2, 0.25) is 5.91 Å². The van der Waals surface area contributed by atoms with Crippen molar-refractivity contribution in [1.82, 2.24) is 0 Å². The number of hydrogen-bond donors (Lipinski definition) is 1. The van der Waals surface area contributed by atoms with E-state index >= 15 is 0 Å². The minimum atomic E-state index is -0.351. The van der Waals surface area contributed by atoms with Gasteiger partial charge >= 0.3 is 0 Å². The summed E-state index contributed by atoms with van der Waals surface area (Å²) in [5.74, 6) is 0.233. The number of halogens is 1. The van der Waals surface area contributed by atoms with Gasteiger partial charge in [-0.05, 0) is 29.6 Å². The standard InChI is InChI=1S/C14H9BrN2O2S/c15-9-1-2-12-10(5-9)11(7-19-12)13(18)17-14-8(6-16)3-4-20-14/h1-5,11H,7H2,(H,17,18)/t11-/m1/s1. The number of carbonyl (C=O) groups excluding carboxylic acids is 1. The highest BCUT2D eigenvalue weighted by molar-refractivity contribution is 9.10. The first-order valence-corrected chi connectivity index (χ1v) is 7.57. The van der Waals surface area contributed by atoms with Crippen molar-refractivity contribution >= 4 is 38.2 Å². The van der Waals surface area contributed by atoms with Crippen molar-refractivity contribution in [3.8, 4) is 11.8 Å². The molecule has 0 fully saturated rings. The minimum Gasteiger partial charge on any atom is -0.492 e. The number of benzene rings is 1. The first kappa shape index (κ1) is 13.2. The highest BCUT2D eigenvalue weighted by Crippen LogP contribution is 2.37. The van der Waals surface area contributed by atoms with Crippen LogP contribution < -0.4 is 10.1 Å². The van der Waals surface area contributed by atoms with Crippen LogP contribution in [0.1, 0.15) is 17.0 Å². The average Bonchev–Trinajstić information content (AvgIpc) is 3.04. The lowest BCUT2D eigenvalue weighted by molar-refractivity contribution is -0.117. The first-order chi connectivity index (χ1) is 9.69. The van der Waals surface area contributed by atoms with Gasteiger partial charge in [0.25, 0.3) is 0 Å². The van der Waals surface area contributed by atoms with Gasteiger partial charge in [0.05, 0.1) is 5.56 Å². The van der Waals surface area contributed by atoms with Crippen LogP contribution in [0.4, 0.5) is 5.00 Å².